The van der Waals surface area contributed by atoms with Crippen LogP contribution in [0.4, 0.5) is 0 Å². The van der Waals surface area contributed by atoms with Gasteiger partial charge in [-0.15, -0.1) is 0 Å². The zero-order valence-corrected chi connectivity index (χ0v) is 27.9. The van der Waals surface area contributed by atoms with E-state index in [-0.39, 0.29) is 11.6 Å². The lowest BCUT2D eigenvalue weighted by molar-refractivity contribution is -0.110. The number of rotatable bonds is 2. The van der Waals surface area contributed by atoms with Gasteiger partial charge in [0.2, 0.25) is 0 Å². The zero-order valence-electron chi connectivity index (χ0n) is 27.9. The Bertz CT molecular complexity index is 2420. The Morgan fingerprint density at radius 1 is 0.365 bits per heavy atom. The molecule has 0 fully saturated rings. The molecule has 1 aliphatic heterocycles. The third-order valence-corrected chi connectivity index (χ3v) is 9.57. The largest absolute Gasteiger partial charge is 0.299 e. The molecule has 0 spiro atoms. The van der Waals surface area contributed by atoms with Crippen LogP contribution in [0, 0.1) is 0 Å². The third kappa shape index (κ3) is 5.49. The molecule has 246 valence electrons. The maximum Gasteiger partial charge on any atom is 0.187 e. The van der Waals surface area contributed by atoms with E-state index in [1.807, 2.05) is 146 Å². The van der Waals surface area contributed by atoms with Crippen LogP contribution in [0.1, 0.15) is 44.5 Å². The topological polar surface area (TPSA) is 82.9 Å². The number of hydrogen-bond acceptors (Lipinski definition) is 6. The summed E-state index contributed by atoms with van der Waals surface area (Å²) in [5, 5.41) is 0. The van der Waals surface area contributed by atoms with Gasteiger partial charge in [0.25, 0.3) is 0 Å². The Kier molecular flexibility index (Phi) is 7.67. The summed E-state index contributed by atoms with van der Waals surface area (Å²) in [4.78, 5) is 36.7. The molecule has 0 radical (unpaired) electrons. The highest BCUT2D eigenvalue weighted by Gasteiger charge is 2.28. The van der Waals surface area contributed by atoms with Crippen molar-refractivity contribution in [1.29, 1.82) is 0 Å². The minimum atomic E-state index is -0.0449. The molecule has 0 bridgehead atoms. The van der Waals surface area contributed by atoms with E-state index in [9.17, 15) is 9.59 Å². The van der Waals surface area contributed by atoms with Crippen LogP contribution in [0.3, 0.4) is 0 Å². The summed E-state index contributed by atoms with van der Waals surface area (Å²) in [5.41, 5.74) is 20.0. The van der Waals surface area contributed by atoms with Crippen molar-refractivity contribution in [3.05, 3.63) is 202 Å². The van der Waals surface area contributed by atoms with Crippen LogP contribution in [0.15, 0.2) is 167 Å². The molecule has 4 aromatic rings. The molecule has 4 aliphatic carbocycles. The van der Waals surface area contributed by atoms with E-state index in [0.29, 0.717) is 22.6 Å². The summed E-state index contributed by atoms with van der Waals surface area (Å²) in [6.45, 7) is 0. The number of hydrogen-bond donors (Lipinski definition) is 2. The van der Waals surface area contributed by atoms with Crippen molar-refractivity contribution in [3.63, 3.8) is 0 Å². The molecule has 0 atom stereocenters. The van der Waals surface area contributed by atoms with Gasteiger partial charge >= 0.3 is 0 Å². The standard InChI is InChI=1S/C46H30N4O2/c51-41-25-19-31-11-3-7-15-37(31)45(41)43-35-13-5-1-9-29(35)17-23-39(43)47-27-33-21-22-34(50-49-33)28-48-40-24-18-30-10-2-6-14-36(30)44(40)46-38-16-8-4-12-32(38)20-26-42(46)52/h1-28,49-50H/b33-27-,34-28+,45-43-,46-44-,47-39-,48-40-. The van der Waals surface area contributed by atoms with Crippen molar-refractivity contribution >= 4 is 69.6 Å². The molecule has 0 unspecified atom stereocenters. The number of benzene rings is 4. The Morgan fingerprint density at radius 3 is 1.06 bits per heavy atom. The van der Waals surface area contributed by atoms with Gasteiger partial charge in [0.1, 0.15) is 0 Å². The average molecular weight is 671 g/mol. The van der Waals surface area contributed by atoms with E-state index in [4.69, 9.17) is 9.98 Å². The van der Waals surface area contributed by atoms with Gasteiger partial charge in [0.15, 0.2) is 11.6 Å². The van der Waals surface area contributed by atoms with Crippen molar-refractivity contribution in [1.82, 2.24) is 10.9 Å². The molecular weight excluding hydrogens is 641 g/mol. The SMILES string of the molecule is O=C1C=Cc2ccccc2/C1=C1/C(=N\C=C2C=C\C(=C/N=C3/C=Cc4ccccc4/C3=C3/C(=O)C=Cc4ccccc43)NN\2)C=Cc2ccccc21. The molecule has 4 aromatic carbocycles. The highest BCUT2D eigenvalue weighted by atomic mass is 16.1. The Balaban J connectivity index is 1.06. The number of ketones is 2. The van der Waals surface area contributed by atoms with Crippen molar-refractivity contribution in [2.75, 3.05) is 0 Å². The molecule has 6 heteroatoms. The first-order valence-electron chi connectivity index (χ1n) is 17.1. The molecule has 0 saturated carbocycles. The highest BCUT2D eigenvalue weighted by Crippen LogP contribution is 2.39. The minimum Gasteiger partial charge on any atom is -0.299 e. The number of carbonyl (C=O) groups is 2. The molecule has 0 saturated heterocycles. The molecule has 9 rings (SSSR count). The smallest absolute Gasteiger partial charge is 0.187 e. The van der Waals surface area contributed by atoms with Crippen molar-refractivity contribution < 1.29 is 9.59 Å². The average Bonchev–Trinajstić information content (AvgIpc) is 3.19. The summed E-state index contributed by atoms with van der Waals surface area (Å²) < 4.78 is 0. The molecule has 5 aliphatic rings. The van der Waals surface area contributed by atoms with E-state index >= 15 is 0 Å². The summed E-state index contributed by atoms with van der Waals surface area (Å²) in [6.07, 6.45) is 22.3. The molecule has 6 nitrogen and oxygen atoms in total. The van der Waals surface area contributed by atoms with Gasteiger partial charge < -0.3 is 0 Å². The van der Waals surface area contributed by atoms with Crippen LogP contribution >= 0.6 is 0 Å². The quantitative estimate of drug-likeness (QED) is 0.209. The lowest BCUT2D eigenvalue weighted by Crippen LogP contribution is -2.32. The van der Waals surface area contributed by atoms with E-state index in [1.54, 1.807) is 24.6 Å². The van der Waals surface area contributed by atoms with Gasteiger partial charge in [-0.3, -0.25) is 30.4 Å². The van der Waals surface area contributed by atoms with Crippen molar-refractivity contribution in [3.8, 4) is 0 Å². The molecule has 0 aromatic heterocycles. The Hall–Kier alpha value is -7.18. The number of allylic oxidation sites excluding steroid dienone is 10. The van der Waals surface area contributed by atoms with Crippen LogP contribution in [0.2, 0.25) is 0 Å². The summed E-state index contributed by atoms with van der Waals surface area (Å²) in [7, 11) is 0. The second-order valence-corrected chi connectivity index (χ2v) is 12.7. The predicted molar refractivity (Wildman–Crippen MR) is 212 cm³/mol. The number of carbonyl (C=O) groups excluding carboxylic acids is 2. The summed E-state index contributed by atoms with van der Waals surface area (Å²) in [5.74, 6) is -0.0897. The summed E-state index contributed by atoms with van der Waals surface area (Å²) in [6, 6.07) is 32.1. The molecular formula is C46H30N4O2. The van der Waals surface area contributed by atoms with Crippen molar-refractivity contribution in [2.24, 2.45) is 9.98 Å². The van der Waals surface area contributed by atoms with E-state index in [2.05, 4.69) is 10.9 Å². The Morgan fingerprint density at radius 2 is 0.692 bits per heavy atom. The number of nitrogens with zero attached hydrogens (tertiary/aromatic N) is 2. The number of fused-ring (bicyclic) bond motifs is 4. The molecule has 0 amide bonds. The van der Waals surface area contributed by atoms with Gasteiger partial charge in [0, 0.05) is 22.3 Å². The fraction of sp³-hybridized carbons (Fsp3) is 0. The number of hydrazine groups is 1. The fourth-order valence-corrected chi connectivity index (χ4v) is 7.12. The normalized spacial score (nSPS) is 22.7. The van der Waals surface area contributed by atoms with Crippen LogP contribution < -0.4 is 10.9 Å². The molecule has 2 N–H and O–H groups in total. The van der Waals surface area contributed by atoms with E-state index < -0.39 is 0 Å². The van der Waals surface area contributed by atoms with Gasteiger partial charge in [-0.2, -0.15) is 0 Å². The number of aliphatic imine (C=N–C) groups is 2. The van der Waals surface area contributed by atoms with Crippen LogP contribution in [-0.2, 0) is 9.59 Å². The molecule has 52 heavy (non-hydrogen) atoms. The van der Waals surface area contributed by atoms with Crippen LogP contribution in [0.25, 0.3) is 46.6 Å². The van der Waals surface area contributed by atoms with E-state index in [1.165, 1.54) is 0 Å². The number of nitrogens with one attached hydrogen (secondary N) is 2. The monoisotopic (exact) mass is 670 g/mol. The van der Waals surface area contributed by atoms with Gasteiger partial charge in [-0.05, 0) is 81.0 Å². The minimum absolute atomic E-state index is 0.0449. The second kappa shape index (κ2) is 12.9. The lowest BCUT2D eigenvalue weighted by atomic mass is 9.81. The van der Waals surface area contributed by atoms with Gasteiger partial charge in [-0.1, -0.05) is 121 Å². The van der Waals surface area contributed by atoms with Crippen molar-refractivity contribution in [2.45, 2.75) is 0 Å². The van der Waals surface area contributed by atoms with Crippen LogP contribution in [0.5, 0.6) is 0 Å². The van der Waals surface area contributed by atoms with Gasteiger partial charge in [-0.25, -0.2) is 0 Å². The second-order valence-electron chi connectivity index (χ2n) is 12.7. The lowest BCUT2D eigenvalue weighted by Gasteiger charge is -2.23. The maximum atomic E-state index is 13.5. The van der Waals surface area contributed by atoms with Crippen LogP contribution in [-0.4, -0.2) is 23.0 Å². The summed E-state index contributed by atoms with van der Waals surface area (Å²) >= 11 is 0. The first kappa shape index (κ1) is 30.8. The van der Waals surface area contributed by atoms with E-state index in [0.717, 1.165) is 67.0 Å². The zero-order chi connectivity index (χ0) is 35.0. The Labute approximate surface area is 301 Å². The predicted octanol–water partition coefficient (Wildman–Crippen LogP) is 8.68. The first-order valence-corrected chi connectivity index (χ1v) is 17.1. The maximum absolute atomic E-state index is 13.5. The highest BCUT2D eigenvalue weighted by molar-refractivity contribution is 6.49. The third-order valence-electron chi connectivity index (χ3n) is 9.57. The fourth-order valence-electron chi connectivity index (χ4n) is 7.12. The molecule has 1 heterocycles. The van der Waals surface area contributed by atoms with Gasteiger partial charge in [0.05, 0.1) is 35.2 Å². The first-order chi connectivity index (χ1) is 25.6.